The van der Waals surface area contributed by atoms with Gasteiger partial charge in [0.1, 0.15) is 0 Å². The van der Waals surface area contributed by atoms with Crippen LogP contribution < -0.4 is 5.32 Å². The van der Waals surface area contributed by atoms with Gasteiger partial charge in [-0.3, -0.25) is 4.39 Å². The molecule has 0 radical (unpaired) electrons. The van der Waals surface area contributed by atoms with E-state index in [2.05, 4.69) is 5.32 Å². The van der Waals surface area contributed by atoms with Crippen molar-refractivity contribution in [2.45, 2.75) is 32.1 Å². The molecule has 2 rings (SSSR count). The van der Waals surface area contributed by atoms with E-state index in [4.69, 9.17) is 0 Å². The molecule has 3 unspecified atom stereocenters. The van der Waals surface area contributed by atoms with Crippen molar-refractivity contribution in [1.29, 1.82) is 0 Å². The first-order valence-corrected chi connectivity index (χ1v) is 5.67. The molecule has 0 aromatic heterocycles. The number of rotatable bonds is 5. The van der Waals surface area contributed by atoms with Gasteiger partial charge in [0.2, 0.25) is 0 Å². The Morgan fingerprint density at radius 2 is 2.15 bits per heavy atom. The second-order valence-electron chi connectivity index (χ2n) is 4.68. The lowest BCUT2D eigenvalue weighted by atomic mass is 9.89. The summed E-state index contributed by atoms with van der Waals surface area (Å²) in [6.45, 7) is 1.83. The molecule has 0 heterocycles. The fraction of sp³-hybridized carbons (Fsp3) is 1.00. The van der Waals surface area contributed by atoms with E-state index in [1.165, 1.54) is 25.7 Å². The lowest BCUT2D eigenvalue weighted by Crippen LogP contribution is -2.27. The topological polar surface area (TPSA) is 12.0 Å². The average Bonchev–Trinajstić information content (AvgIpc) is 2.73. The molecule has 1 nitrogen and oxygen atoms in total. The minimum atomic E-state index is -0.177. The Bertz CT molecular complexity index is 160. The molecule has 2 fully saturated rings. The van der Waals surface area contributed by atoms with Crippen LogP contribution in [0.2, 0.25) is 0 Å². The van der Waals surface area contributed by atoms with E-state index in [-0.39, 0.29) is 6.67 Å². The average molecular weight is 185 g/mol. The van der Waals surface area contributed by atoms with E-state index >= 15 is 0 Å². The van der Waals surface area contributed by atoms with Crippen molar-refractivity contribution in [3.63, 3.8) is 0 Å². The minimum absolute atomic E-state index is 0.177. The van der Waals surface area contributed by atoms with Crippen LogP contribution in [0.15, 0.2) is 0 Å². The zero-order chi connectivity index (χ0) is 9.10. The molecule has 0 aromatic rings. The van der Waals surface area contributed by atoms with Gasteiger partial charge < -0.3 is 5.32 Å². The number of hydrogen-bond acceptors (Lipinski definition) is 1. The molecule has 3 atom stereocenters. The monoisotopic (exact) mass is 185 g/mol. The second-order valence-corrected chi connectivity index (χ2v) is 4.68. The van der Waals surface area contributed by atoms with Gasteiger partial charge in [-0.25, -0.2) is 0 Å². The lowest BCUT2D eigenvalue weighted by molar-refractivity contribution is 0.316. The molecular formula is C11H20FN. The Hall–Kier alpha value is -0.110. The van der Waals surface area contributed by atoms with E-state index in [9.17, 15) is 4.39 Å². The summed E-state index contributed by atoms with van der Waals surface area (Å²) in [6.07, 6.45) is 6.54. The van der Waals surface area contributed by atoms with Crippen LogP contribution in [0.5, 0.6) is 0 Å². The molecule has 0 aliphatic heterocycles. The van der Waals surface area contributed by atoms with Gasteiger partial charge in [-0.05, 0) is 56.5 Å². The quantitative estimate of drug-likeness (QED) is 0.648. The van der Waals surface area contributed by atoms with Crippen molar-refractivity contribution in [2.24, 2.45) is 17.8 Å². The van der Waals surface area contributed by atoms with E-state index in [1.807, 2.05) is 0 Å². The molecule has 0 saturated heterocycles. The SMILES string of the molecule is FCCCNCC1CC2CCC1C2. The normalized spacial score (nSPS) is 37.2. The Kier molecular flexibility index (Phi) is 3.20. The second kappa shape index (κ2) is 4.41. The van der Waals surface area contributed by atoms with Crippen molar-refractivity contribution in [2.75, 3.05) is 19.8 Å². The highest BCUT2D eigenvalue weighted by Crippen LogP contribution is 2.47. The lowest BCUT2D eigenvalue weighted by Gasteiger charge is -2.21. The maximum absolute atomic E-state index is 11.8. The number of alkyl halides is 1. The maximum atomic E-state index is 11.8. The first kappa shape index (κ1) is 9.45. The number of fused-ring (bicyclic) bond motifs is 2. The van der Waals surface area contributed by atoms with Gasteiger partial charge >= 0.3 is 0 Å². The van der Waals surface area contributed by atoms with E-state index in [0.29, 0.717) is 6.42 Å². The molecule has 2 aliphatic carbocycles. The molecular weight excluding hydrogens is 165 g/mol. The fourth-order valence-electron chi connectivity index (χ4n) is 3.11. The molecule has 2 saturated carbocycles. The standard InChI is InChI=1S/C11H20FN/c12-4-1-5-13-8-11-7-9-2-3-10(11)6-9/h9-11,13H,1-8H2. The molecule has 1 N–H and O–H groups in total. The molecule has 76 valence electrons. The molecule has 13 heavy (non-hydrogen) atoms. The van der Waals surface area contributed by atoms with Crippen LogP contribution in [-0.4, -0.2) is 19.8 Å². The van der Waals surface area contributed by atoms with Crippen LogP contribution in [-0.2, 0) is 0 Å². The predicted molar refractivity (Wildman–Crippen MR) is 52.4 cm³/mol. The third-order valence-corrected chi connectivity index (χ3v) is 3.78. The molecule has 0 amide bonds. The highest BCUT2D eigenvalue weighted by molar-refractivity contribution is 4.90. The van der Waals surface area contributed by atoms with Crippen molar-refractivity contribution < 1.29 is 4.39 Å². The summed E-state index contributed by atoms with van der Waals surface area (Å²) < 4.78 is 11.8. The number of nitrogens with one attached hydrogen (secondary N) is 1. The third-order valence-electron chi connectivity index (χ3n) is 3.78. The van der Waals surface area contributed by atoms with Gasteiger partial charge in [-0.1, -0.05) is 6.42 Å². The minimum Gasteiger partial charge on any atom is -0.316 e. The summed E-state index contributed by atoms with van der Waals surface area (Å²) in [5.41, 5.74) is 0. The summed E-state index contributed by atoms with van der Waals surface area (Å²) in [4.78, 5) is 0. The van der Waals surface area contributed by atoms with Gasteiger partial charge in [0.25, 0.3) is 0 Å². The van der Waals surface area contributed by atoms with Gasteiger partial charge in [0.05, 0.1) is 6.67 Å². The van der Waals surface area contributed by atoms with Gasteiger partial charge in [-0.15, -0.1) is 0 Å². The zero-order valence-electron chi connectivity index (χ0n) is 8.27. The summed E-state index contributed by atoms with van der Waals surface area (Å²) >= 11 is 0. The first-order chi connectivity index (χ1) is 6.40. The Morgan fingerprint density at radius 3 is 2.77 bits per heavy atom. The van der Waals surface area contributed by atoms with Crippen LogP contribution >= 0.6 is 0 Å². The molecule has 0 aromatic carbocycles. The van der Waals surface area contributed by atoms with Crippen molar-refractivity contribution in [3.05, 3.63) is 0 Å². The summed E-state index contributed by atoms with van der Waals surface area (Å²) in [5.74, 6) is 2.96. The maximum Gasteiger partial charge on any atom is 0.0906 e. The summed E-state index contributed by atoms with van der Waals surface area (Å²) in [6, 6.07) is 0. The van der Waals surface area contributed by atoms with Gasteiger partial charge in [0.15, 0.2) is 0 Å². The summed E-state index contributed by atoms with van der Waals surface area (Å²) in [7, 11) is 0. The number of halogens is 1. The van der Waals surface area contributed by atoms with Gasteiger partial charge in [0, 0.05) is 0 Å². The summed E-state index contributed by atoms with van der Waals surface area (Å²) in [5, 5.41) is 3.37. The van der Waals surface area contributed by atoms with Crippen LogP contribution in [0.1, 0.15) is 32.1 Å². The smallest absolute Gasteiger partial charge is 0.0906 e. The van der Waals surface area contributed by atoms with E-state index < -0.39 is 0 Å². The van der Waals surface area contributed by atoms with Crippen LogP contribution in [0.4, 0.5) is 4.39 Å². The largest absolute Gasteiger partial charge is 0.316 e. The Balaban J connectivity index is 1.60. The van der Waals surface area contributed by atoms with Crippen LogP contribution in [0.25, 0.3) is 0 Å². The Morgan fingerprint density at radius 1 is 1.23 bits per heavy atom. The first-order valence-electron chi connectivity index (χ1n) is 5.67. The van der Waals surface area contributed by atoms with E-state index in [0.717, 1.165) is 30.8 Å². The zero-order valence-corrected chi connectivity index (χ0v) is 8.27. The fourth-order valence-corrected chi connectivity index (χ4v) is 3.11. The van der Waals surface area contributed by atoms with Crippen molar-refractivity contribution in [1.82, 2.24) is 5.32 Å². The Labute approximate surface area is 80.1 Å². The molecule has 0 spiro atoms. The number of hydrogen-bond donors (Lipinski definition) is 1. The molecule has 2 aliphatic rings. The van der Waals surface area contributed by atoms with Crippen LogP contribution in [0, 0.1) is 17.8 Å². The highest BCUT2D eigenvalue weighted by atomic mass is 19.1. The van der Waals surface area contributed by atoms with Crippen LogP contribution in [0.3, 0.4) is 0 Å². The highest BCUT2D eigenvalue weighted by Gasteiger charge is 2.38. The molecule has 2 heteroatoms. The predicted octanol–water partition coefficient (Wildman–Crippen LogP) is 2.37. The van der Waals surface area contributed by atoms with Crippen molar-refractivity contribution >= 4 is 0 Å². The third kappa shape index (κ3) is 2.22. The van der Waals surface area contributed by atoms with Gasteiger partial charge in [-0.2, -0.15) is 0 Å². The van der Waals surface area contributed by atoms with E-state index in [1.54, 1.807) is 0 Å². The molecule has 2 bridgehead atoms. The van der Waals surface area contributed by atoms with Crippen molar-refractivity contribution in [3.8, 4) is 0 Å².